The lowest BCUT2D eigenvalue weighted by atomic mass is 9.98. The summed E-state index contributed by atoms with van der Waals surface area (Å²) in [5.74, 6) is -0.222. The maximum atomic E-state index is 13.5. The summed E-state index contributed by atoms with van der Waals surface area (Å²) in [4.78, 5) is 4.24. The van der Waals surface area contributed by atoms with Gasteiger partial charge in [0.15, 0.2) is 0 Å². The minimum Gasteiger partial charge on any atom is -0.383 e. The lowest BCUT2D eigenvalue weighted by molar-refractivity contribution is 0.628. The Morgan fingerprint density at radius 1 is 1.04 bits per heavy atom. The van der Waals surface area contributed by atoms with Gasteiger partial charge in [-0.1, -0.05) is 40.2 Å². The van der Waals surface area contributed by atoms with Gasteiger partial charge in [-0.05, 0) is 35.9 Å². The Balaban J connectivity index is 2.25. The number of hydrogen-bond acceptors (Lipinski definition) is 3. The number of aromatic nitrogens is 1. The smallest absolute Gasteiger partial charge is 0.142 e. The number of hydrogen-bond donors (Lipinski definition) is 1. The molecule has 1 aromatic heterocycles. The van der Waals surface area contributed by atoms with Crippen molar-refractivity contribution in [2.24, 2.45) is 0 Å². The fraction of sp³-hybridized carbons (Fsp3) is 0. The van der Waals surface area contributed by atoms with Crippen LogP contribution in [0.25, 0.3) is 22.4 Å². The molecule has 23 heavy (non-hydrogen) atoms. The predicted molar refractivity (Wildman–Crippen MR) is 91.9 cm³/mol. The average Bonchev–Trinajstić information content (AvgIpc) is 2.54. The summed E-state index contributed by atoms with van der Waals surface area (Å²) in [6.45, 7) is 0. The summed E-state index contributed by atoms with van der Waals surface area (Å²) >= 11 is 3.42. The summed E-state index contributed by atoms with van der Waals surface area (Å²) in [5.41, 5.74) is 8.89. The van der Waals surface area contributed by atoms with Gasteiger partial charge in [0.05, 0.1) is 5.69 Å². The van der Waals surface area contributed by atoms with Crippen molar-refractivity contribution in [3.63, 3.8) is 0 Å². The highest BCUT2D eigenvalue weighted by Crippen LogP contribution is 2.32. The zero-order valence-corrected chi connectivity index (χ0v) is 13.5. The number of nitrogens with two attached hydrogens (primary N) is 1. The van der Waals surface area contributed by atoms with Crippen LogP contribution in [-0.4, -0.2) is 4.98 Å². The fourth-order valence-corrected chi connectivity index (χ4v) is 2.76. The number of halogens is 2. The second-order valence-electron chi connectivity index (χ2n) is 4.95. The number of nitriles is 1. The molecule has 3 rings (SSSR count). The SMILES string of the molecule is N#Cc1c(-c2cccc(Br)c2)cc(-c2cccc(F)c2)nc1N. The van der Waals surface area contributed by atoms with Crippen molar-refractivity contribution < 1.29 is 4.39 Å². The molecule has 2 aromatic carbocycles. The van der Waals surface area contributed by atoms with E-state index >= 15 is 0 Å². The van der Waals surface area contributed by atoms with Gasteiger partial charge in [-0.25, -0.2) is 9.37 Å². The fourth-order valence-electron chi connectivity index (χ4n) is 2.36. The minimum absolute atomic E-state index is 0.129. The predicted octanol–water partition coefficient (Wildman–Crippen LogP) is 4.77. The molecule has 0 atom stereocenters. The van der Waals surface area contributed by atoms with Crippen LogP contribution in [0.2, 0.25) is 0 Å². The van der Waals surface area contributed by atoms with Crippen LogP contribution in [-0.2, 0) is 0 Å². The summed E-state index contributed by atoms with van der Waals surface area (Å²) in [5, 5.41) is 9.39. The van der Waals surface area contributed by atoms with Gasteiger partial charge in [-0.15, -0.1) is 0 Å². The van der Waals surface area contributed by atoms with Crippen LogP contribution in [0.3, 0.4) is 0 Å². The Morgan fingerprint density at radius 2 is 1.78 bits per heavy atom. The molecule has 3 nitrogen and oxygen atoms in total. The van der Waals surface area contributed by atoms with Crippen LogP contribution < -0.4 is 5.73 Å². The maximum Gasteiger partial charge on any atom is 0.142 e. The molecule has 112 valence electrons. The first-order valence-corrected chi connectivity index (χ1v) is 7.60. The first-order valence-electron chi connectivity index (χ1n) is 6.81. The highest BCUT2D eigenvalue weighted by atomic mass is 79.9. The lowest BCUT2D eigenvalue weighted by Crippen LogP contribution is -2.00. The summed E-state index contributed by atoms with van der Waals surface area (Å²) in [7, 11) is 0. The van der Waals surface area contributed by atoms with E-state index in [4.69, 9.17) is 5.73 Å². The summed E-state index contributed by atoms with van der Waals surface area (Å²) in [6, 6.07) is 17.5. The van der Waals surface area contributed by atoms with Crippen molar-refractivity contribution in [2.75, 3.05) is 5.73 Å². The third kappa shape index (κ3) is 3.08. The maximum absolute atomic E-state index is 13.5. The van der Waals surface area contributed by atoms with Crippen molar-refractivity contribution in [3.8, 4) is 28.5 Å². The van der Waals surface area contributed by atoms with Crippen LogP contribution in [0.1, 0.15) is 5.56 Å². The second kappa shape index (κ2) is 6.19. The average molecular weight is 368 g/mol. The van der Waals surface area contributed by atoms with E-state index in [1.165, 1.54) is 12.1 Å². The third-order valence-corrected chi connectivity index (χ3v) is 3.91. The number of nitrogen functional groups attached to an aromatic ring is 1. The van der Waals surface area contributed by atoms with Crippen LogP contribution in [0.5, 0.6) is 0 Å². The van der Waals surface area contributed by atoms with Crippen molar-refractivity contribution >= 4 is 21.7 Å². The Hall–Kier alpha value is -2.71. The van der Waals surface area contributed by atoms with E-state index < -0.39 is 0 Å². The van der Waals surface area contributed by atoms with Gasteiger partial charge in [0.1, 0.15) is 23.3 Å². The molecule has 2 N–H and O–H groups in total. The number of benzene rings is 2. The largest absolute Gasteiger partial charge is 0.383 e. The second-order valence-corrected chi connectivity index (χ2v) is 5.86. The van der Waals surface area contributed by atoms with Crippen LogP contribution >= 0.6 is 15.9 Å². The molecule has 5 heteroatoms. The van der Waals surface area contributed by atoms with Crippen molar-refractivity contribution in [1.29, 1.82) is 5.26 Å². The van der Waals surface area contributed by atoms with Crippen molar-refractivity contribution in [3.05, 3.63) is 70.5 Å². The normalized spacial score (nSPS) is 10.3. The zero-order valence-electron chi connectivity index (χ0n) is 11.9. The molecule has 0 aliphatic carbocycles. The van der Waals surface area contributed by atoms with Gasteiger partial charge in [0.2, 0.25) is 0 Å². The van der Waals surface area contributed by atoms with Gasteiger partial charge in [0, 0.05) is 15.6 Å². The standard InChI is InChI=1S/C18H11BrFN3/c19-13-5-1-3-11(7-13)15-9-17(23-18(22)16(15)10-21)12-4-2-6-14(20)8-12/h1-9H,(H2,22,23). The molecule has 0 saturated carbocycles. The Morgan fingerprint density at radius 3 is 2.48 bits per heavy atom. The molecule has 0 amide bonds. The molecule has 0 fully saturated rings. The van der Waals surface area contributed by atoms with Crippen molar-refractivity contribution in [1.82, 2.24) is 4.98 Å². The van der Waals surface area contributed by atoms with Gasteiger partial charge in [0.25, 0.3) is 0 Å². The summed E-state index contributed by atoms with van der Waals surface area (Å²) in [6.07, 6.45) is 0. The number of anilines is 1. The van der Waals surface area contributed by atoms with E-state index in [1.807, 2.05) is 24.3 Å². The van der Waals surface area contributed by atoms with E-state index in [9.17, 15) is 9.65 Å². The van der Waals surface area contributed by atoms with Gasteiger partial charge < -0.3 is 5.73 Å². The van der Waals surface area contributed by atoms with E-state index in [-0.39, 0.29) is 11.6 Å². The van der Waals surface area contributed by atoms with Crippen LogP contribution in [0.4, 0.5) is 10.2 Å². The number of rotatable bonds is 2. The first-order chi connectivity index (χ1) is 11.1. The molecule has 0 bridgehead atoms. The Kier molecular flexibility index (Phi) is 4.09. The Labute approximate surface area is 141 Å². The van der Waals surface area contributed by atoms with Gasteiger partial charge in [-0.3, -0.25) is 0 Å². The van der Waals surface area contributed by atoms with E-state index in [0.29, 0.717) is 22.4 Å². The third-order valence-electron chi connectivity index (χ3n) is 3.42. The van der Waals surface area contributed by atoms with E-state index in [1.54, 1.807) is 18.2 Å². The monoisotopic (exact) mass is 367 g/mol. The topological polar surface area (TPSA) is 62.7 Å². The molecule has 3 aromatic rings. The molecule has 0 spiro atoms. The molecule has 0 saturated heterocycles. The van der Waals surface area contributed by atoms with Gasteiger partial charge >= 0.3 is 0 Å². The zero-order chi connectivity index (χ0) is 16.4. The molecule has 1 heterocycles. The van der Waals surface area contributed by atoms with Crippen molar-refractivity contribution in [2.45, 2.75) is 0 Å². The van der Waals surface area contributed by atoms with Crippen LogP contribution in [0, 0.1) is 17.1 Å². The van der Waals surface area contributed by atoms with E-state index in [0.717, 1.165) is 10.0 Å². The highest BCUT2D eigenvalue weighted by Gasteiger charge is 2.14. The van der Waals surface area contributed by atoms with E-state index in [2.05, 4.69) is 27.0 Å². The van der Waals surface area contributed by atoms with Gasteiger partial charge in [-0.2, -0.15) is 5.26 Å². The molecular formula is C18H11BrFN3. The molecule has 0 aliphatic heterocycles. The van der Waals surface area contributed by atoms with Crippen LogP contribution in [0.15, 0.2) is 59.1 Å². The Bertz CT molecular complexity index is 932. The molecule has 0 aliphatic rings. The molecule has 0 unspecified atom stereocenters. The lowest BCUT2D eigenvalue weighted by Gasteiger charge is -2.10. The molecule has 0 radical (unpaired) electrons. The highest BCUT2D eigenvalue weighted by molar-refractivity contribution is 9.10. The first kappa shape index (κ1) is 15.2. The number of nitrogens with zero attached hydrogens (tertiary/aromatic N) is 2. The summed E-state index contributed by atoms with van der Waals surface area (Å²) < 4.78 is 14.3. The number of pyridine rings is 1. The molecular weight excluding hydrogens is 357 g/mol. The minimum atomic E-state index is -0.351. The quantitative estimate of drug-likeness (QED) is 0.709.